The summed E-state index contributed by atoms with van der Waals surface area (Å²) in [4.78, 5) is 23.4. The van der Waals surface area contributed by atoms with Crippen molar-refractivity contribution in [3.63, 3.8) is 0 Å². The van der Waals surface area contributed by atoms with E-state index in [4.69, 9.17) is 9.52 Å². The number of aromatic carboxylic acids is 1. The van der Waals surface area contributed by atoms with Gasteiger partial charge in [0.25, 0.3) is 0 Å². The van der Waals surface area contributed by atoms with Crippen molar-refractivity contribution in [2.45, 2.75) is 13.5 Å². The highest BCUT2D eigenvalue weighted by Gasteiger charge is 2.10. The van der Waals surface area contributed by atoms with Crippen molar-refractivity contribution in [3.05, 3.63) is 23.7 Å². The van der Waals surface area contributed by atoms with Gasteiger partial charge in [0, 0.05) is 13.6 Å². The third kappa shape index (κ3) is 3.01. The third-order valence-corrected chi connectivity index (χ3v) is 2.14. The first-order valence-electron chi connectivity index (χ1n) is 4.84. The van der Waals surface area contributed by atoms with E-state index in [-0.39, 0.29) is 18.1 Å². The maximum atomic E-state index is 11.3. The van der Waals surface area contributed by atoms with Gasteiger partial charge in [-0.15, -0.1) is 0 Å². The number of carboxylic acid groups (broad SMARTS) is 1. The summed E-state index contributed by atoms with van der Waals surface area (Å²) in [5.41, 5.74) is 0.0769. The second-order valence-electron chi connectivity index (χ2n) is 3.28. The van der Waals surface area contributed by atoms with Crippen molar-refractivity contribution in [2.75, 3.05) is 13.6 Å². The Kier molecular flexibility index (Phi) is 3.93. The summed E-state index contributed by atoms with van der Waals surface area (Å²) in [7, 11) is 1.67. The second-order valence-corrected chi connectivity index (χ2v) is 3.28. The van der Waals surface area contributed by atoms with Gasteiger partial charge in [0.2, 0.25) is 0 Å². The molecule has 1 rings (SSSR count). The van der Waals surface area contributed by atoms with E-state index in [9.17, 15) is 9.59 Å². The molecule has 0 radical (unpaired) electrons. The van der Waals surface area contributed by atoms with Gasteiger partial charge in [0.15, 0.2) is 0 Å². The first kappa shape index (κ1) is 12.1. The smallest absolute Gasteiger partial charge is 0.338 e. The number of carbonyl (C=O) groups is 2. The van der Waals surface area contributed by atoms with Crippen molar-refractivity contribution >= 4 is 12.0 Å². The quantitative estimate of drug-likeness (QED) is 0.806. The standard InChI is InChI=1S/C10H14N2O4/c1-3-12(2)10(15)11-5-8-4-7(6-16-8)9(13)14/h4,6H,3,5H2,1-2H3,(H,11,15)(H,13,14). The Morgan fingerprint density at radius 1 is 1.56 bits per heavy atom. The molecule has 2 N–H and O–H groups in total. The number of hydrogen-bond donors (Lipinski definition) is 2. The van der Waals surface area contributed by atoms with Crippen LogP contribution in [0.25, 0.3) is 0 Å². The van der Waals surface area contributed by atoms with Crippen LogP contribution in [0.1, 0.15) is 23.0 Å². The van der Waals surface area contributed by atoms with Crippen LogP contribution in [-0.4, -0.2) is 35.6 Å². The fourth-order valence-corrected chi connectivity index (χ4v) is 1.03. The van der Waals surface area contributed by atoms with Crippen LogP contribution in [0, 0.1) is 0 Å². The minimum atomic E-state index is -1.05. The summed E-state index contributed by atoms with van der Waals surface area (Å²) < 4.78 is 4.98. The maximum absolute atomic E-state index is 11.3. The number of nitrogens with zero attached hydrogens (tertiary/aromatic N) is 1. The zero-order chi connectivity index (χ0) is 12.1. The molecule has 0 aliphatic carbocycles. The highest BCUT2D eigenvalue weighted by Crippen LogP contribution is 2.07. The zero-order valence-corrected chi connectivity index (χ0v) is 9.19. The van der Waals surface area contributed by atoms with Crippen molar-refractivity contribution in [1.29, 1.82) is 0 Å². The molecular formula is C10H14N2O4. The molecule has 2 amide bonds. The molecule has 16 heavy (non-hydrogen) atoms. The lowest BCUT2D eigenvalue weighted by Crippen LogP contribution is -2.36. The molecule has 0 unspecified atom stereocenters. The Bertz CT molecular complexity index is 386. The van der Waals surface area contributed by atoms with Gasteiger partial charge >= 0.3 is 12.0 Å². The molecule has 0 aliphatic rings. The van der Waals surface area contributed by atoms with Gasteiger partial charge in [-0.05, 0) is 13.0 Å². The topological polar surface area (TPSA) is 82.8 Å². The van der Waals surface area contributed by atoms with Crippen molar-refractivity contribution < 1.29 is 19.1 Å². The lowest BCUT2D eigenvalue weighted by atomic mass is 10.3. The summed E-state index contributed by atoms with van der Waals surface area (Å²) in [5, 5.41) is 11.2. The summed E-state index contributed by atoms with van der Waals surface area (Å²) >= 11 is 0. The van der Waals surface area contributed by atoms with Crippen LogP contribution in [0.2, 0.25) is 0 Å². The average molecular weight is 226 g/mol. The molecule has 0 aliphatic heterocycles. The summed E-state index contributed by atoms with van der Waals surface area (Å²) in [6.07, 6.45) is 1.15. The Morgan fingerprint density at radius 2 is 2.25 bits per heavy atom. The first-order chi connectivity index (χ1) is 7.54. The van der Waals surface area contributed by atoms with Crippen LogP contribution < -0.4 is 5.32 Å². The summed E-state index contributed by atoms with van der Waals surface area (Å²) in [6.45, 7) is 2.63. The van der Waals surface area contributed by atoms with Gasteiger partial charge in [0.1, 0.15) is 12.0 Å². The summed E-state index contributed by atoms with van der Waals surface area (Å²) in [6, 6.07) is 1.16. The van der Waals surface area contributed by atoms with Gasteiger partial charge in [-0.1, -0.05) is 0 Å². The van der Waals surface area contributed by atoms with Crippen molar-refractivity contribution in [1.82, 2.24) is 10.2 Å². The number of urea groups is 1. The molecule has 0 bridgehead atoms. The average Bonchev–Trinajstić information content (AvgIpc) is 2.73. The van der Waals surface area contributed by atoms with Gasteiger partial charge in [-0.25, -0.2) is 9.59 Å². The zero-order valence-electron chi connectivity index (χ0n) is 9.19. The van der Waals surface area contributed by atoms with Gasteiger partial charge in [-0.2, -0.15) is 0 Å². The molecule has 88 valence electrons. The predicted octanol–water partition coefficient (Wildman–Crippen LogP) is 1.14. The van der Waals surface area contributed by atoms with E-state index >= 15 is 0 Å². The van der Waals surface area contributed by atoms with Crippen LogP contribution in [0.3, 0.4) is 0 Å². The monoisotopic (exact) mass is 226 g/mol. The summed E-state index contributed by atoms with van der Waals surface area (Å²) in [5.74, 6) is -0.637. The number of amides is 2. The highest BCUT2D eigenvalue weighted by atomic mass is 16.4. The third-order valence-electron chi connectivity index (χ3n) is 2.14. The number of carbonyl (C=O) groups excluding carboxylic acids is 1. The SMILES string of the molecule is CCN(C)C(=O)NCc1cc(C(=O)O)co1. The van der Waals surface area contributed by atoms with E-state index in [1.807, 2.05) is 6.92 Å². The number of rotatable bonds is 4. The van der Waals surface area contributed by atoms with Crippen LogP contribution in [-0.2, 0) is 6.54 Å². The van der Waals surface area contributed by atoms with Gasteiger partial charge in [0.05, 0.1) is 12.1 Å². The van der Waals surface area contributed by atoms with E-state index in [1.165, 1.54) is 11.0 Å². The Morgan fingerprint density at radius 3 is 2.75 bits per heavy atom. The number of furan rings is 1. The number of carboxylic acids is 1. The normalized spacial score (nSPS) is 9.88. The largest absolute Gasteiger partial charge is 0.478 e. The Hall–Kier alpha value is -1.98. The van der Waals surface area contributed by atoms with E-state index < -0.39 is 5.97 Å². The molecule has 1 aromatic heterocycles. The molecule has 1 heterocycles. The minimum absolute atomic E-state index is 0.0769. The molecule has 6 nitrogen and oxygen atoms in total. The van der Waals surface area contributed by atoms with Gasteiger partial charge in [-0.3, -0.25) is 0 Å². The van der Waals surface area contributed by atoms with Crippen LogP contribution in [0.4, 0.5) is 4.79 Å². The second kappa shape index (κ2) is 5.20. The highest BCUT2D eigenvalue weighted by molar-refractivity contribution is 5.87. The first-order valence-corrected chi connectivity index (χ1v) is 4.84. The molecular weight excluding hydrogens is 212 g/mol. The van der Waals surface area contributed by atoms with E-state index in [0.717, 1.165) is 6.26 Å². The fraction of sp³-hybridized carbons (Fsp3) is 0.400. The minimum Gasteiger partial charge on any atom is -0.478 e. The molecule has 6 heteroatoms. The van der Waals surface area contributed by atoms with Crippen LogP contribution >= 0.6 is 0 Å². The van der Waals surface area contributed by atoms with Crippen molar-refractivity contribution in [3.8, 4) is 0 Å². The Balaban J connectivity index is 2.48. The van der Waals surface area contributed by atoms with Crippen LogP contribution in [0.15, 0.2) is 16.7 Å². The van der Waals surface area contributed by atoms with Crippen LogP contribution in [0.5, 0.6) is 0 Å². The maximum Gasteiger partial charge on any atom is 0.338 e. The lowest BCUT2D eigenvalue weighted by Gasteiger charge is -2.14. The van der Waals surface area contributed by atoms with E-state index in [2.05, 4.69) is 5.32 Å². The van der Waals surface area contributed by atoms with E-state index in [1.54, 1.807) is 7.05 Å². The lowest BCUT2D eigenvalue weighted by molar-refractivity contribution is 0.0696. The molecule has 0 fully saturated rings. The number of hydrogen-bond acceptors (Lipinski definition) is 3. The molecule has 0 aromatic carbocycles. The molecule has 1 aromatic rings. The Labute approximate surface area is 92.8 Å². The van der Waals surface area contributed by atoms with E-state index in [0.29, 0.717) is 12.3 Å². The van der Waals surface area contributed by atoms with Crippen molar-refractivity contribution in [2.24, 2.45) is 0 Å². The number of nitrogens with one attached hydrogen (secondary N) is 1. The molecule has 0 atom stereocenters. The fourth-order valence-electron chi connectivity index (χ4n) is 1.03. The molecule has 0 saturated carbocycles. The molecule has 0 saturated heterocycles. The molecule has 0 spiro atoms. The van der Waals surface area contributed by atoms with Gasteiger partial charge < -0.3 is 19.7 Å². The predicted molar refractivity (Wildman–Crippen MR) is 56.2 cm³/mol.